The molecule has 1 unspecified atom stereocenters. The highest BCUT2D eigenvalue weighted by molar-refractivity contribution is 5.48. The van der Waals surface area contributed by atoms with Gasteiger partial charge in [0.05, 0.1) is 12.2 Å². The summed E-state index contributed by atoms with van der Waals surface area (Å²) < 4.78 is 45.3. The quantitative estimate of drug-likeness (QED) is 0.854. The first kappa shape index (κ1) is 15.6. The van der Waals surface area contributed by atoms with E-state index in [9.17, 15) is 13.2 Å². The standard InChI is InChI=1S/C16H21F3N2O/c1-21(9-11-4-3-7-22-10-11)15-8-13(16(17,18)19)12-5-2-6-14(12)20-15/h8,11H,2-7,9-10H2,1H3. The molecular formula is C16H21F3N2O. The number of anilines is 1. The fraction of sp³-hybridized carbons (Fsp3) is 0.688. The van der Waals surface area contributed by atoms with Crippen molar-refractivity contribution in [1.82, 2.24) is 4.98 Å². The summed E-state index contributed by atoms with van der Waals surface area (Å²) in [6.45, 7) is 2.15. The summed E-state index contributed by atoms with van der Waals surface area (Å²) in [5.41, 5.74) is 0.513. The largest absolute Gasteiger partial charge is 0.416 e. The minimum Gasteiger partial charge on any atom is -0.381 e. The van der Waals surface area contributed by atoms with E-state index in [0.29, 0.717) is 49.0 Å². The minimum absolute atomic E-state index is 0.364. The summed E-state index contributed by atoms with van der Waals surface area (Å²) in [6, 6.07) is 1.22. The highest BCUT2D eigenvalue weighted by atomic mass is 19.4. The van der Waals surface area contributed by atoms with Crippen LogP contribution >= 0.6 is 0 Å². The van der Waals surface area contributed by atoms with Crippen LogP contribution in [-0.2, 0) is 23.8 Å². The molecule has 0 aromatic carbocycles. The number of aromatic nitrogens is 1. The zero-order chi connectivity index (χ0) is 15.7. The summed E-state index contributed by atoms with van der Waals surface area (Å²) in [5, 5.41) is 0. The molecule has 0 amide bonds. The van der Waals surface area contributed by atoms with Crippen LogP contribution in [0.4, 0.5) is 19.0 Å². The molecular weight excluding hydrogens is 293 g/mol. The number of halogens is 3. The maximum absolute atomic E-state index is 13.3. The molecule has 1 aromatic rings. The van der Waals surface area contributed by atoms with Crippen LogP contribution in [0.1, 0.15) is 36.1 Å². The molecule has 1 fully saturated rings. The van der Waals surface area contributed by atoms with Crippen molar-refractivity contribution in [3.8, 4) is 0 Å². The number of hydrogen-bond acceptors (Lipinski definition) is 3. The van der Waals surface area contributed by atoms with Crippen molar-refractivity contribution < 1.29 is 17.9 Å². The Morgan fingerprint density at radius 1 is 1.32 bits per heavy atom. The number of pyridine rings is 1. The van der Waals surface area contributed by atoms with Crippen molar-refractivity contribution in [3.05, 3.63) is 22.9 Å². The van der Waals surface area contributed by atoms with Gasteiger partial charge in [-0.15, -0.1) is 0 Å². The van der Waals surface area contributed by atoms with Crippen LogP contribution in [0.3, 0.4) is 0 Å². The summed E-state index contributed by atoms with van der Waals surface area (Å²) in [7, 11) is 1.82. The molecule has 6 heteroatoms. The van der Waals surface area contributed by atoms with E-state index in [1.807, 2.05) is 11.9 Å². The van der Waals surface area contributed by atoms with Gasteiger partial charge in [0.25, 0.3) is 0 Å². The first-order valence-corrected chi connectivity index (χ1v) is 7.84. The molecule has 3 nitrogen and oxygen atoms in total. The van der Waals surface area contributed by atoms with Gasteiger partial charge < -0.3 is 9.64 Å². The van der Waals surface area contributed by atoms with Crippen molar-refractivity contribution in [3.63, 3.8) is 0 Å². The molecule has 0 saturated carbocycles. The molecule has 1 aliphatic carbocycles. The van der Waals surface area contributed by atoms with E-state index in [-0.39, 0.29) is 0 Å². The predicted molar refractivity (Wildman–Crippen MR) is 78.1 cm³/mol. The molecule has 1 aliphatic heterocycles. The van der Waals surface area contributed by atoms with Crippen LogP contribution in [0, 0.1) is 5.92 Å². The third-order valence-electron chi connectivity index (χ3n) is 4.52. The summed E-state index contributed by atoms with van der Waals surface area (Å²) >= 11 is 0. The lowest BCUT2D eigenvalue weighted by atomic mass is 10.0. The predicted octanol–water partition coefficient (Wildman–Crippen LogP) is 3.45. The minimum atomic E-state index is -4.30. The van der Waals surface area contributed by atoms with Crippen molar-refractivity contribution in [2.75, 3.05) is 31.7 Å². The molecule has 3 rings (SSSR count). The van der Waals surface area contributed by atoms with Gasteiger partial charge in [0.2, 0.25) is 0 Å². The molecule has 0 radical (unpaired) electrons. The summed E-state index contributed by atoms with van der Waals surface area (Å²) in [5.74, 6) is 0.793. The highest BCUT2D eigenvalue weighted by Gasteiger charge is 2.37. The number of hydrogen-bond donors (Lipinski definition) is 0. The lowest BCUT2D eigenvalue weighted by molar-refractivity contribution is -0.138. The fourth-order valence-corrected chi connectivity index (χ4v) is 3.41. The van der Waals surface area contributed by atoms with Crippen LogP contribution in [0.25, 0.3) is 0 Å². The van der Waals surface area contributed by atoms with Gasteiger partial charge in [0.15, 0.2) is 0 Å². The molecule has 0 spiro atoms. The van der Waals surface area contributed by atoms with Crippen molar-refractivity contribution >= 4 is 5.82 Å². The Bertz CT molecular complexity index is 539. The molecule has 0 N–H and O–H groups in total. The van der Waals surface area contributed by atoms with Gasteiger partial charge in [-0.1, -0.05) is 0 Å². The Kier molecular flexibility index (Phi) is 4.30. The lowest BCUT2D eigenvalue weighted by Crippen LogP contribution is -2.31. The topological polar surface area (TPSA) is 25.4 Å². The molecule has 2 aliphatic rings. The van der Waals surface area contributed by atoms with E-state index in [2.05, 4.69) is 4.98 Å². The first-order valence-electron chi connectivity index (χ1n) is 7.84. The molecule has 22 heavy (non-hydrogen) atoms. The summed E-state index contributed by atoms with van der Waals surface area (Å²) in [6.07, 6.45) is -0.342. The molecule has 1 aromatic heterocycles. The number of aryl methyl sites for hydroxylation is 1. The Balaban J connectivity index is 1.84. The van der Waals surface area contributed by atoms with E-state index >= 15 is 0 Å². The van der Waals surface area contributed by atoms with Gasteiger partial charge in [-0.05, 0) is 49.7 Å². The molecule has 0 bridgehead atoms. The van der Waals surface area contributed by atoms with Crippen LogP contribution in [0.5, 0.6) is 0 Å². The number of alkyl halides is 3. The molecule has 1 saturated heterocycles. The van der Waals surface area contributed by atoms with Crippen LogP contribution in [0.2, 0.25) is 0 Å². The fourth-order valence-electron chi connectivity index (χ4n) is 3.41. The second-order valence-corrected chi connectivity index (χ2v) is 6.27. The van der Waals surface area contributed by atoms with Crippen LogP contribution in [-0.4, -0.2) is 31.8 Å². The molecule has 122 valence electrons. The van der Waals surface area contributed by atoms with Gasteiger partial charge in [-0.3, -0.25) is 0 Å². The van der Waals surface area contributed by atoms with Crippen LogP contribution in [0.15, 0.2) is 6.07 Å². The summed E-state index contributed by atoms with van der Waals surface area (Å²) in [4.78, 5) is 6.32. The van der Waals surface area contributed by atoms with E-state index in [1.54, 1.807) is 0 Å². The normalized spacial score (nSPS) is 21.7. The van der Waals surface area contributed by atoms with Crippen LogP contribution < -0.4 is 4.90 Å². The monoisotopic (exact) mass is 314 g/mol. The SMILES string of the molecule is CN(CC1CCCOC1)c1cc(C(F)(F)F)c2c(n1)CCC2. The van der Waals surface area contributed by atoms with E-state index in [4.69, 9.17) is 4.74 Å². The number of nitrogens with zero attached hydrogens (tertiary/aromatic N) is 2. The zero-order valence-electron chi connectivity index (χ0n) is 12.7. The van der Waals surface area contributed by atoms with Gasteiger partial charge in [-0.2, -0.15) is 13.2 Å². The van der Waals surface area contributed by atoms with Crippen molar-refractivity contribution in [2.24, 2.45) is 5.92 Å². The van der Waals surface area contributed by atoms with Crippen molar-refractivity contribution in [2.45, 2.75) is 38.3 Å². The van der Waals surface area contributed by atoms with Gasteiger partial charge >= 0.3 is 6.18 Å². The Morgan fingerprint density at radius 2 is 2.14 bits per heavy atom. The first-order chi connectivity index (χ1) is 10.4. The lowest BCUT2D eigenvalue weighted by Gasteiger charge is -2.28. The number of fused-ring (bicyclic) bond motifs is 1. The number of rotatable bonds is 3. The van der Waals surface area contributed by atoms with E-state index in [1.165, 1.54) is 6.07 Å². The zero-order valence-corrected chi connectivity index (χ0v) is 12.7. The van der Waals surface area contributed by atoms with Crippen molar-refractivity contribution in [1.29, 1.82) is 0 Å². The highest BCUT2D eigenvalue weighted by Crippen LogP contribution is 2.38. The Morgan fingerprint density at radius 3 is 2.82 bits per heavy atom. The maximum atomic E-state index is 13.3. The third kappa shape index (κ3) is 3.21. The second-order valence-electron chi connectivity index (χ2n) is 6.27. The Hall–Kier alpha value is -1.30. The molecule has 1 atom stereocenters. The van der Waals surface area contributed by atoms with Gasteiger partial charge in [-0.25, -0.2) is 4.98 Å². The van der Waals surface area contributed by atoms with E-state index < -0.39 is 11.7 Å². The maximum Gasteiger partial charge on any atom is 0.416 e. The second kappa shape index (κ2) is 6.07. The number of ether oxygens (including phenoxy) is 1. The molecule has 2 heterocycles. The smallest absolute Gasteiger partial charge is 0.381 e. The van der Waals surface area contributed by atoms with Gasteiger partial charge in [0.1, 0.15) is 5.82 Å². The average Bonchev–Trinajstić information content (AvgIpc) is 2.94. The van der Waals surface area contributed by atoms with Gasteiger partial charge in [0, 0.05) is 25.9 Å². The van der Waals surface area contributed by atoms with E-state index in [0.717, 1.165) is 25.9 Å². The average molecular weight is 314 g/mol. The third-order valence-corrected chi connectivity index (χ3v) is 4.52. The Labute approximate surface area is 128 Å².